The van der Waals surface area contributed by atoms with E-state index >= 15 is 0 Å². The Hall–Kier alpha value is -2.21. The van der Waals surface area contributed by atoms with Gasteiger partial charge in [-0.2, -0.15) is 0 Å². The SMILES string of the molecule is CN1CCN(NC(=O)C(O)(c2ccccc2)c2ccccc2)CC1. The minimum absolute atomic E-state index is 0.426. The van der Waals surface area contributed by atoms with Crippen LogP contribution in [0.15, 0.2) is 60.7 Å². The number of likely N-dealkylation sites (N-methyl/N-ethyl adjacent to an activating group) is 1. The highest BCUT2D eigenvalue weighted by Crippen LogP contribution is 2.30. The van der Waals surface area contributed by atoms with Gasteiger partial charge in [0.1, 0.15) is 0 Å². The smallest absolute Gasteiger partial charge is 0.275 e. The summed E-state index contributed by atoms with van der Waals surface area (Å²) in [5.41, 5.74) is 2.29. The lowest BCUT2D eigenvalue weighted by Gasteiger charge is -2.35. The molecule has 0 unspecified atom stereocenters. The minimum atomic E-state index is -1.72. The first-order valence-electron chi connectivity index (χ1n) is 8.18. The van der Waals surface area contributed by atoms with Crippen molar-refractivity contribution < 1.29 is 9.90 Å². The molecule has 1 heterocycles. The molecule has 0 radical (unpaired) electrons. The largest absolute Gasteiger partial charge is 0.372 e. The maximum atomic E-state index is 13.0. The normalized spacial score (nSPS) is 16.8. The molecule has 1 aliphatic heterocycles. The molecule has 0 aliphatic carbocycles. The van der Waals surface area contributed by atoms with Gasteiger partial charge in [0, 0.05) is 26.2 Å². The third-order valence-electron chi connectivity index (χ3n) is 4.47. The predicted octanol–water partition coefficient (Wildman–Crippen LogP) is 1.20. The van der Waals surface area contributed by atoms with E-state index in [1.807, 2.05) is 41.4 Å². The van der Waals surface area contributed by atoms with Crippen LogP contribution < -0.4 is 5.43 Å². The number of amides is 1. The van der Waals surface area contributed by atoms with Gasteiger partial charge in [-0.05, 0) is 18.2 Å². The Morgan fingerprint density at radius 1 is 0.917 bits per heavy atom. The van der Waals surface area contributed by atoms with E-state index in [1.165, 1.54) is 0 Å². The molecule has 1 saturated heterocycles. The minimum Gasteiger partial charge on any atom is -0.372 e. The zero-order valence-corrected chi connectivity index (χ0v) is 13.9. The summed E-state index contributed by atoms with van der Waals surface area (Å²) in [5, 5.41) is 13.2. The molecular weight excluding hydrogens is 302 g/mol. The Balaban J connectivity index is 1.89. The summed E-state index contributed by atoms with van der Waals surface area (Å²) in [7, 11) is 2.06. The fraction of sp³-hybridized carbons (Fsp3) is 0.316. The highest BCUT2D eigenvalue weighted by molar-refractivity contribution is 5.89. The number of nitrogens with zero attached hydrogens (tertiary/aromatic N) is 2. The van der Waals surface area contributed by atoms with Crippen molar-refractivity contribution in [1.29, 1.82) is 0 Å². The fourth-order valence-corrected chi connectivity index (χ4v) is 2.93. The van der Waals surface area contributed by atoms with E-state index in [0.29, 0.717) is 11.1 Å². The van der Waals surface area contributed by atoms with Gasteiger partial charge in [0.25, 0.3) is 5.91 Å². The molecule has 1 fully saturated rings. The van der Waals surface area contributed by atoms with E-state index in [4.69, 9.17) is 0 Å². The molecule has 2 N–H and O–H groups in total. The molecule has 0 saturated carbocycles. The van der Waals surface area contributed by atoms with Crippen molar-refractivity contribution >= 4 is 5.91 Å². The Morgan fingerprint density at radius 2 is 1.38 bits per heavy atom. The quantitative estimate of drug-likeness (QED) is 0.887. The summed E-state index contributed by atoms with van der Waals surface area (Å²) in [6.07, 6.45) is 0. The molecule has 126 valence electrons. The maximum absolute atomic E-state index is 13.0. The number of hydrogen-bond acceptors (Lipinski definition) is 4. The van der Waals surface area contributed by atoms with Crippen LogP contribution in [0.5, 0.6) is 0 Å². The predicted molar refractivity (Wildman–Crippen MR) is 93.1 cm³/mol. The van der Waals surface area contributed by atoms with Crippen molar-refractivity contribution in [3.8, 4) is 0 Å². The number of piperazine rings is 1. The van der Waals surface area contributed by atoms with Crippen LogP contribution in [0.25, 0.3) is 0 Å². The number of nitrogens with one attached hydrogen (secondary N) is 1. The zero-order valence-electron chi connectivity index (χ0n) is 13.9. The van der Waals surface area contributed by atoms with Crippen molar-refractivity contribution in [2.24, 2.45) is 0 Å². The number of rotatable bonds is 4. The van der Waals surface area contributed by atoms with Crippen LogP contribution in [-0.2, 0) is 10.4 Å². The van der Waals surface area contributed by atoms with Gasteiger partial charge in [-0.15, -0.1) is 0 Å². The second-order valence-corrected chi connectivity index (χ2v) is 6.17. The van der Waals surface area contributed by atoms with Crippen LogP contribution in [0.3, 0.4) is 0 Å². The highest BCUT2D eigenvalue weighted by atomic mass is 16.3. The first-order valence-corrected chi connectivity index (χ1v) is 8.18. The summed E-state index contributed by atoms with van der Waals surface area (Å²) >= 11 is 0. The van der Waals surface area contributed by atoms with E-state index in [1.54, 1.807) is 24.3 Å². The molecular formula is C19H23N3O2. The number of benzene rings is 2. The van der Waals surface area contributed by atoms with E-state index in [0.717, 1.165) is 26.2 Å². The number of hydrogen-bond donors (Lipinski definition) is 2. The second kappa shape index (κ2) is 7.13. The molecule has 2 aromatic carbocycles. The topological polar surface area (TPSA) is 55.8 Å². The summed E-state index contributed by atoms with van der Waals surface area (Å²) in [6.45, 7) is 3.24. The average molecular weight is 325 g/mol. The summed E-state index contributed by atoms with van der Waals surface area (Å²) < 4.78 is 0. The molecule has 0 spiro atoms. The lowest BCUT2D eigenvalue weighted by atomic mass is 9.85. The van der Waals surface area contributed by atoms with Crippen LogP contribution in [0.4, 0.5) is 0 Å². The van der Waals surface area contributed by atoms with Crippen molar-refractivity contribution in [2.45, 2.75) is 5.60 Å². The Bertz CT molecular complexity index is 628. The Labute approximate surface area is 142 Å². The van der Waals surface area contributed by atoms with E-state index < -0.39 is 11.5 Å². The first-order chi connectivity index (χ1) is 11.6. The molecule has 0 atom stereocenters. The number of aliphatic hydroxyl groups is 1. The number of hydrazine groups is 1. The van der Waals surface area contributed by atoms with Crippen LogP contribution in [-0.4, -0.2) is 54.1 Å². The average Bonchev–Trinajstić information content (AvgIpc) is 2.64. The Morgan fingerprint density at radius 3 is 1.83 bits per heavy atom. The van der Waals surface area contributed by atoms with Gasteiger partial charge >= 0.3 is 0 Å². The van der Waals surface area contributed by atoms with Gasteiger partial charge in [0.05, 0.1) is 0 Å². The second-order valence-electron chi connectivity index (χ2n) is 6.17. The van der Waals surface area contributed by atoms with Gasteiger partial charge < -0.3 is 10.0 Å². The molecule has 5 heteroatoms. The van der Waals surface area contributed by atoms with Crippen LogP contribution in [0, 0.1) is 0 Å². The van der Waals surface area contributed by atoms with Gasteiger partial charge in [-0.1, -0.05) is 60.7 Å². The van der Waals surface area contributed by atoms with E-state index in [2.05, 4.69) is 17.4 Å². The van der Waals surface area contributed by atoms with Crippen molar-refractivity contribution in [3.63, 3.8) is 0 Å². The molecule has 2 aromatic rings. The van der Waals surface area contributed by atoms with Crippen LogP contribution >= 0.6 is 0 Å². The van der Waals surface area contributed by atoms with Crippen molar-refractivity contribution in [1.82, 2.24) is 15.3 Å². The summed E-state index contributed by atoms with van der Waals surface area (Å²) in [4.78, 5) is 15.2. The van der Waals surface area contributed by atoms with Gasteiger partial charge in [0.2, 0.25) is 0 Å². The standard InChI is InChI=1S/C19H23N3O2/c1-21-12-14-22(15-13-21)20-18(23)19(24,16-8-4-2-5-9-16)17-10-6-3-7-11-17/h2-11,24H,12-15H2,1H3,(H,20,23). The maximum Gasteiger partial charge on any atom is 0.275 e. The lowest BCUT2D eigenvalue weighted by Crippen LogP contribution is -2.57. The molecule has 24 heavy (non-hydrogen) atoms. The van der Waals surface area contributed by atoms with Crippen LogP contribution in [0.1, 0.15) is 11.1 Å². The molecule has 0 bridgehead atoms. The molecule has 5 nitrogen and oxygen atoms in total. The number of carbonyl (C=O) groups is 1. The van der Waals surface area contributed by atoms with E-state index in [-0.39, 0.29) is 0 Å². The molecule has 0 aromatic heterocycles. The fourth-order valence-electron chi connectivity index (χ4n) is 2.93. The lowest BCUT2D eigenvalue weighted by molar-refractivity contribution is -0.142. The zero-order chi connectivity index (χ0) is 17.0. The molecule has 1 aliphatic rings. The monoisotopic (exact) mass is 325 g/mol. The van der Waals surface area contributed by atoms with Crippen LogP contribution in [0.2, 0.25) is 0 Å². The van der Waals surface area contributed by atoms with E-state index in [9.17, 15) is 9.90 Å². The van der Waals surface area contributed by atoms with Gasteiger partial charge in [-0.25, -0.2) is 5.01 Å². The molecule has 1 amide bonds. The van der Waals surface area contributed by atoms with Gasteiger partial charge in [0.15, 0.2) is 5.60 Å². The third-order valence-corrected chi connectivity index (χ3v) is 4.47. The van der Waals surface area contributed by atoms with Crippen molar-refractivity contribution in [3.05, 3.63) is 71.8 Å². The van der Waals surface area contributed by atoms with Gasteiger partial charge in [-0.3, -0.25) is 10.2 Å². The third kappa shape index (κ3) is 3.33. The molecule has 3 rings (SSSR count). The van der Waals surface area contributed by atoms with Crippen molar-refractivity contribution in [2.75, 3.05) is 33.2 Å². The number of carbonyl (C=O) groups excluding carboxylic acids is 1. The Kier molecular flexibility index (Phi) is 4.94. The summed E-state index contributed by atoms with van der Waals surface area (Å²) in [6, 6.07) is 18.1. The first kappa shape index (κ1) is 16.6. The highest BCUT2D eigenvalue weighted by Gasteiger charge is 2.40. The summed E-state index contributed by atoms with van der Waals surface area (Å²) in [5.74, 6) is -0.426.